The van der Waals surface area contributed by atoms with E-state index in [0.717, 1.165) is 5.75 Å². The molecule has 1 atom stereocenters. The molecule has 0 unspecified atom stereocenters. The molecule has 2 aromatic rings. The van der Waals surface area contributed by atoms with Crippen LogP contribution in [0.1, 0.15) is 26.3 Å². The molecule has 0 fully saturated rings. The van der Waals surface area contributed by atoms with Crippen LogP contribution >= 0.6 is 0 Å². The lowest BCUT2D eigenvalue weighted by Crippen LogP contribution is -2.42. The molecule has 0 bridgehead atoms. The summed E-state index contributed by atoms with van der Waals surface area (Å²) < 4.78 is 17.0. The van der Waals surface area contributed by atoms with Crippen molar-refractivity contribution in [3.05, 3.63) is 54.1 Å². The molecule has 1 aliphatic rings. The summed E-state index contributed by atoms with van der Waals surface area (Å²) in [5, 5.41) is 2.82. The van der Waals surface area contributed by atoms with Gasteiger partial charge in [-0.2, -0.15) is 0 Å². The van der Waals surface area contributed by atoms with E-state index in [-0.39, 0.29) is 24.0 Å². The molecule has 1 aliphatic heterocycles. The van der Waals surface area contributed by atoms with Gasteiger partial charge in [-0.25, -0.2) is 0 Å². The zero-order valence-corrected chi connectivity index (χ0v) is 15.5. The van der Waals surface area contributed by atoms with Crippen molar-refractivity contribution in [3.8, 4) is 17.2 Å². The smallest absolute Gasteiger partial charge is 0.258 e. The van der Waals surface area contributed by atoms with Gasteiger partial charge in [0.2, 0.25) is 0 Å². The normalized spacial score (nSPS) is 16.0. The Morgan fingerprint density at radius 1 is 1.12 bits per heavy atom. The monoisotopic (exact) mass is 355 g/mol. The Morgan fingerprint density at radius 3 is 2.50 bits per heavy atom. The summed E-state index contributed by atoms with van der Waals surface area (Å²) in [6, 6.07) is 15.3. The highest BCUT2D eigenvalue weighted by Crippen LogP contribution is 2.30. The third kappa shape index (κ3) is 4.69. The van der Waals surface area contributed by atoms with Gasteiger partial charge < -0.3 is 19.5 Å². The first-order valence-corrected chi connectivity index (χ1v) is 8.80. The maximum absolute atomic E-state index is 12.0. The number of ether oxygens (including phenoxy) is 3. The number of fused-ring (bicyclic) bond motifs is 1. The highest BCUT2D eigenvalue weighted by atomic mass is 16.6. The van der Waals surface area contributed by atoms with Crippen molar-refractivity contribution in [1.82, 2.24) is 5.32 Å². The fourth-order valence-corrected chi connectivity index (χ4v) is 2.64. The molecule has 5 nitrogen and oxygen atoms in total. The second kappa shape index (κ2) is 7.68. The molecule has 0 saturated heterocycles. The van der Waals surface area contributed by atoms with Crippen molar-refractivity contribution in [2.24, 2.45) is 0 Å². The first-order valence-electron chi connectivity index (χ1n) is 8.80. The van der Waals surface area contributed by atoms with Gasteiger partial charge in [-0.05, 0) is 35.2 Å². The fraction of sp³-hybridized carbons (Fsp3) is 0.381. The summed E-state index contributed by atoms with van der Waals surface area (Å²) >= 11 is 0. The molecule has 0 saturated carbocycles. The largest absolute Gasteiger partial charge is 0.486 e. The molecule has 0 spiro atoms. The van der Waals surface area contributed by atoms with E-state index in [4.69, 9.17) is 14.2 Å². The van der Waals surface area contributed by atoms with Gasteiger partial charge in [-0.3, -0.25) is 4.79 Å². The molecule has 138 valence electrons. The van der Waals surface area contributed by atoms with Gasteiger partial charge in [0.1, 0.15) is 18.5 Å². The lowest BCUT2D eigenvalue weighted by atomic mass is 9.87. The Balaban J connectivity index is 1.42. The van der Waals surface area contributed by atoms with Crippen LogP contribution in [-0.2, 0) is 10.2 Å². The van der Waals surface area contributed by atoms with Crippen LogP contribution in [-0.4, -0.2) is 31.8 Å². The Labute approximate surface area is 154 Å². The van der Waals surface area contributed by atoms with Crippen LogP contribution in [0.25, 0.3) is 0 Å². The molecule has 2 aromatic carbocycles. The van der Waals surface area contributed by atoms with E-state index >= 15 is 0 Å². The molecule has 1 heterocycles. The Morgan fingerprint density at radius 2 is 1.81 bits per heavy atom. The maximum atomic E-state index is 12.0. The van der Waals surface area contributed by atoms with Gasteiger partial charge in [0, 0.05) is 0 Å². The molecule has 0 aliphatic carbocycles. The van der Waals surface area contributed by atoms with Gasteiger partial charge in [0.05, 0.1) is 6.54 Å². The second-order valence-corrected chi connectivity index (χ2v) is 7.36. The SMILES string of the molecule is CC(C)(C)c1ccc(OCC(=O)NC[C@H]2COc3ccccc3O2)cc1. The van der Waals surface area contributed by atoms with Gasteiger partial charge >= 0.3 is 0 Å². The fourth-order valence-electron chi connectivity index (χ4n) is 2.64. The average Bonchev–Trinajstić information content (AvgIpc) is 2.64. The molecular formula is C21H25NO4. The predicted octanol–water partition coefficient (Wildman–Crippen LogP) is 3.32. The van der Waals surface area contributed by atoms with Crippen molar-refractivity contribution in [2.75, 3.05) is 19.8 Å². The van der Waals surface area contributed by atoms with Gasteiger partial charge in [0.25, 0.3) is 5.91 Å². The summed E-state index contributed by atoms with van der Waals surface area (Å²) in [6.45, 7) is 7.23. The number of carbonyl (C=O) groups is 1. The van der Waals surface area contributed by atoms with Crippen LogP contribution in [0.3, 0.4) is 0 Å². The summed E-state index contributed by atoms with van der Waals surface area (Å²) in [4.78, 5) is 12.0. The molecule has 0 aromatic heterocycles. The lowest BCUT2D eigenvalue weighted by molar-refractivity contribution is -0.123. The van der Waals surface area contributed by atoms with Crippen LogP contribution in [0.5, 0.6) is 17.2 Å². The number of amides is 1. The van der Waals surface area contributed by atoms with Gasteiger partial charge in [-0.15, -0.1) is 0 Å². The standard InChI is InChI=1S/C21H25NO4/c1-21(2,3)15-8-10-16(11-9-15)24-14-20(23)22-12-17-13-25-18-6-4-5-7-19(18)26-17/h4-11,17H,12-14H2,1-3H3,(H,22,23)/t17-/m0/s1. The predicted molar refractivity (Wildman–Crippen MR) is 100.0 cm³/mol. The minimum atomic E-state index is -0.208. The number of carbonyl (C=O) groups excluding carboxylic acids is 1. The molecule has 5 heteroatoms. The highest BCUT2D eigenvalue weighted by molar-refractivity contribution is 5.77. The number of rotatable bonds is 5. The summed E-state index contributed by atoms with van der Waals surface area (Å²) in [6.07, 6.45) is -0.208. The van der Waals surface area contributed by atoms with Crippen molar-refractivity contribution in [3.63, 3.8) is 0 Å². The molecular weight excluding hydrogens is 330 g/mol. The topological polar surface area (TPSA) is 56.8 Å². The number of para-hydroxylation sites is 2. The van der Waals surface area contributed by atoms with Crippen LogP contribution in [0.4, 0.5) is 0 Å². The number of nitrogens with one attached hydrogen (secondary N) is 1. The number of benzene rings is 2. The summed E-state index contributed by atoms with van der Waals surface area (Å²) in [5.41, 5.74) is 1.32. The lowest BCUT2D eigenvalue weighted by Gasteiger charge is -2.26. The molecule has 3 rings (SSSR count). The van der Waals surface area contributed by atoms with Crippen LogP contribution < -0.4 is 19.5 Å². The van der Waals surface area contributed by atoms with Crippen molar-refractivity contribution >= 4 is 5.91 Å². The minimum Gasteiger partial charge on any atom is -0.486 e. The van der Waals surface area contributed by atoms with E-state index < -0.39 is 0 Å². The van der Waals surface area contributed by atoms with Crippen molar-refractivity contribution < 1.29 is 19.0 Å². The van der Waals surface area contributed by atoms with E-state index in [0.29, 0.717) is 24.7 Å². The molecule has 26 heavy (non-hydrogen) atoms. The van der Waals surface area contributed by atoms with Crippen molar-refractivity contribution in [1.29, 1.82) is 0 Å². The van der Waals surface area contributed by atoms with E-state index in [1.807, 2.05) is 48.5 Å². The van der Waals surface area contributed by atoms with Crippen LogP contribution in [0, 0.1) is 0 Å². The highest BCUT2D eigenvalue weighted by Gasteiger charge is 2.21. The number of hydrogen-bond acceptors (Lipinski definition) is 4. The third-order valence-corrected chi connectivity index (χ3v) is 4.18. The van der Waals surface area contributed by atoms with Crippen molar-refractivity contribution in [2.45, 2.75) is 32.3 Å². The average molecular weight is 355 g/mol. The maximum Gasteiger partial charge on any atom is 0.258 e. The molecule has 1 amide bonds. The quantitative estimate of drug-likeness (QED) is 0.894. The van der Waals surface area contributed by atoms with E-state index in [9.17, 15) is 4.79 Å². The minimum absolute atomic E-state index is 0.0287. The zero-order chi connectivity index (χ0) is 18.6. The summed E-state index contributed by atoms with van der Waals surface area (Å²) in [7, 11) is 0. The molecule has 1 N–H and O–H groups in total. The number of hydrogen-bond donors (Lipinski definition) is 1. The Kier molecular flexibility index (Phi) is 5.35. The Bertz CT molecular complexity index is 749. The zero-order valence-electron chi connectivity index (χ0n) is 15.5. The van der Waals surface area contributed by atoms with Gasteiger partial charge in [0.15, 0.2) is 18.1 Å². The van der Waals surface area contributed by atoms with Crippen LogP contribution in [0.15, 0.2) is 48.5 Å². The molecule has 0 radical (unpaired) electrons. The van der Waals surface area contributed by atoms with E-state index in [1.165, 1.54) is 5.56 Å². The van der Waals surface area contributed by atoms with E-state index in [2.05, 4.69) is 26.1 Å². The van der Waals surface area contributed by atoms with Crippen LogP contribution in [0.2, 0.25) is 0 Å². The third-order valence-electron chi connectivity index (χ3n) is 4.18. The van der Waals surface area contributed by atoms with E-state index in [1.54, 1.807) is 0 Å². The first-order chi connectivity index (χ1) is 12.4. The summed E-state index contributed by atoms with van der Waals surface area (Å²) in [5.74, 6) is 1.93. The first kappa shape index (κ1) is 18.1. The van der Waals surface area contributed by atoms with Gasteiger partial charge in [-0.1, -0.05) is 45.0 Å². The Hall–Kier alpha value is -2.69. The second-order valence-electron chi connectivity index (χ2n) is 7.36.